The highest BCUT2D eigenvalue weighted by Gasteiger charge is 2.42. The van der Waals surface area contributed by atoms with Crippen molar-refractivity contribution in [3.05, 3.63) is 68.5 Å². The molecule has 202 valence electrons. The maximum absolute atomic E-state index is 13.8. The number of aromatic hydroxyl groups is 1. The number of hydrogen-bond acceptors (Lipinski definition) is 8. The van der Waals surface area contributed by atoms with E-state index in [1.807, 2.05) is 32.0 Å². The van der Waals surface area contributed by atoms with Gasteiger partial charge in [0.15, 0.2) is 28.8 Å². The minimum absolute atomic E-state index is 0.0411. The zero-order chi connectivity index (χ0) is 27.6. The molecule has 2 aliphatic rings. The lowest BCUT2D eigenvalue weighted by atomic mass is 9.71. The maximum Gasteiger partial charge on any atom is 0.336 e. The number of rotatable bonds is 8. The average Bonchev–Trinajstić information content (AvgIpc) is 2.89. The van der Waals surface area contributed by atoms with Crippen molar-refractivity contribution in [2.75, 3.05) is 27.4 Å². The maximum atomic E-state index is 13.8. The molecule has 8 nitrogen and oxygen atoms in total. The van der Waals surface area contributed by atoms with Crippen LogP contribution in [-0.2, 0) is 14.3 Å². The molecule has 0 saturated carbocycles. The number of nitrogens with one attached hydrogen (secondary N) is 1. The molecule has 1 aliphatic heterocycles. The molecule has 0 fully saturated rings. The van der Waals surface area contributed by atoms with Gasteiger partial charge in [-0.1, -0.05) is 6.07 Å². The van der Waals surface area contributed by atoms with Crippen LogP contribution in [0, 0.1) is 0 Å². The first-order chi connectivity index (χ1) is 18.2. The first-order valence-corrected chi connectivity index (χ1v) is 13.3. The van der Waals surface area contributed by atoms with Crippen molar-refractivity contribution in [1.82, 2.24) is 5.32 Å². The van der Waals surface area contributed by atoms with Gasteiger partial charge >= 0.3 is 5.97 Å². The molecule has 0 unspecified atom stereocenters. The van der Waals surface area contributed by atoms with Crippen LogP contribution >= 0.6 is 15.9 Å². The van der Waals surface area contributed by atoms with E-state index >= 15 is 0 Å². The van der Waals surface area contributed by atoms with Gasteiger partial charge in [0, 0.05) is 29.3 Å². The molecule has 0 saturated heterocycles. The highest BCUT2D eigenvalue weighted by atomic mass is 79.9. The lowest BCUT2D eigenvalue weighted by Gasteiger charge is -2.37. The molecule has 2 N–H and O–H groups in total. The Morgan fingerprint density at radius 1 is 1.03 bits per heavy atom. The molecule has 2 aromatic rings. The van der Waals surface area contributed by atoms with Crippen molar-refractivity contribution < 1.29 is 33.6 Å². The van der Waals surface area contributed by atoms with E-state index in [4.69, 9.17) is 18.9 Å². The van der Waals surface area contributed by atoms with Crippen molar-refractivity contribution in [2.24, 2.45) is 0 Å². The minimum Gasteiger partial charge on any atom is -0.503 e. The van der Waals surface area contributed by atoms with Crippen LogP contribution in [0.3, 0.4) is 0 Å². The molecular formula is C29H32BrNO7. The summed E-state index contributed by atoms with van der Waals surface area (Å²) in [6, 6.07) is 9.10. The van der Waals surface area contributed by atoms with E-state index in [0.717, 1.165) is 11.3 Å². The van der Waals surface area contributed by atoms with Gasteiger partial charge in [-0.05, 0) is 84.4 Å². The number of halogens is 1. The number of dihydropyridines is 1. The normalized spacial score (nSPS) is 19.1. The van der Waals surface area contributed by atoms with Gasteiger partial charge in [-0.25, -0.2) is 4.79 Å². The van der Waals surface area contributed by atoms with Gasteiger partial charge in [0.05, 0.1) is 37.5 Å². The standard InChI is InChI=1S/C29H32BrNO7/c1-6-37-24-14-18(10-19(30)28(24)33)26-25(29(34)38-7-2)15(3)31-20-11-17(12-21(32)27(20)26)16-8-9-22(35-4)23(13-16)36-5/h8-10,13-14,17,26,31,33H,6-7,11-12H2,1-5H3/t17-,26-/m0/s1. The number of benzene rings is 2. The first-order valence-electron chi connectivity index (χ1n) is 12.5. The van der Waals surface area contributed by atoms with E-state index in [-0.39, 0.29) is 36.2 Å². The molecule has 38 heavy (non-hydrogen) atoms. The topological polar surface area (TPSA) is 103 Å². The van der Waals surface area contributed by atoms with E-state index in [1.165, 1.54) is 0 Å². The van der Waals surface area contributed by atoms with Gasteiger partial charge in [0.25, 0.3) is 0 Å². The van der Waals surface area contributed by atoms with Gasteiger partial charge in [0.2, 0.25) is 0 Å². The van der Waals surface area contributed by atoms with Crippen LogP contribution in [-0.4, -0.2) is 44.3 Å². The molecule has 4 rings (SSSR count). The molecule has 2 atom stereocenters. The largest absolute Gasteiger partial charge is 0.503 e. The van der Waals surface area contributed by atoms with Crippen molar-refractivity contribution in [3.8, 4) is 23.0 Å². The lowest BCUT2D eigenvalue weighted by Crippen LogP contribution is -2.36. The van der Waals surface area contributed by atoms with Gasteiger partial charge in [-0.15, -0.1) is 0 Å². The zero-order valence-electron chi connectivity index (χ0n) is 22.1. The number of carbonyl (C=O) groups excluding carboxylic acids is 2. The van der Waals surface area contributed by atoms with Crippen LogP contribution in [0.2, 0.25) is 0 Å². The van der Waals surface area contributed by atoms with Crippen molar-refractivity contribution in [1.29, 1.82) is 0 Å². The third-order valence-corrected chi connectivity index (χ3v) is 7.49. The summed E-state index contributed by atoms with van der Waals surface area (Å²) in [5.41, 5.74) is 3.88. The summed E-state index contributed by atoms with van der Waals surface area (Å²) < 4.78 is 22.3. The summed E-state index contributed by atoms with van der Waals surface area (Å²) >= 11 is 3.40. The quantitative estimate of drug-likeness (QED) is 0.392. The molecule has 1 aliphatic carbocycles. The van der Waals surface area contributed by atoms with Crippen LogP contribution in [0.4, 0.5) is 0 Å². The van der Waals surface area contributed by atoms with Gasteiger partial charge < -0.3 is 29.4 Å². The van der Waals surface area contributed by atoms with Crippen LogP contribution in [0.25, 0.3) is 0 Å². The first kappa shape index (κ1) is 27.6. The number of ether oxygens (including phenoxy) is 4. The Morgan fingerprint density at radius 3 is 2.39 bits per heavy atom. The molecule has 0 amide bonds. The third-order valence-electron chi connectivity index (χ3n) is 6.89. The highest BCUT2D eigenvalue weighted by molar-refractivity contribution is 9.10. The van der Waals surface area contributed by atoms with Gasteiger partial charge in [-0.2, -0.15) is 0 Å². The summed E-state index contributed by atoms with van der Waals surface area (Å²) in [5.74, 6) is 0.119. The Bertz CT molecular complexity index is 1330. The number of phenolic OH excluding ortho intramolecular Hbond substituents is 1. The fourth-order valence-electron chi connectivity index (χ4n) is 5.22. The summed E-state index contributed by atoms with van der Waals surface area (Å²) in [4.78, 5) is 27.0. The monoisotopic (exact) mass is 585 g/mol. The Kier molecular flexibility index (Phi) is 8.35. The number of Topliss-reactive ketones (excluding diaryl/α,β-unsaturated/α-hetero) is 1. The molecule has 0 spiro atoms. The molecule has 0 bridgehead atoms. The Labute approximate surface area is 230 Å². The van der Waals surface area contributed by atoms with Crippen LogP contribution in [0.1, 0.15) is 56.6 Å². The van der Waals surface area contributed by atoms with Crippen molar-refractivity contribution in [2.45, 2.75) is 45.4 Å². The number of allylic oxidation sites excluding steroid dienone is 3. The Balaban J connectivity index is 1.83. The molecule has 9 heteroatoms. The second kappa shape index (κ2) is 11.5. The number of carbonyl (C=O) groups is 2. The molecule has 2 aromatic carbocycles. The van der Waals surface area contributed by atoms with E-state index < -0.39 is 11.9 Å². The van der Waals surface area contributed by atoms with E-state index in [9.17, 15) is 14.7 Å². The lowest BCUT2D eigenvalue weighted by molar-refractivity contribution is -0.138. The zero-order valence-corrected chi connectivity index (χ0v) is 23.7. The van der Waals surface area contributed by atoms with E-state index in [0.29, 0.717) is 51.4 Å². The SMILES string of the molecule is CCOC(=O)C1=C(C)NC2=C(C(=O)C[C@@H](c3ccc(OC)c(OC)c3)C2)[C@H]1c1cc(Br)c(O)c(OCC)c1. The highest BCUT2D eigenvalue weighted by Crippen LogP contribution is 2.48. The number of ketones is 1. The van der Waals surface area contributed by atoms with Gasteiger partial charge in [-0.3, -0.25) is 4.79 Å². The number of hydrogen-bond donors (Lipinski definition) is 2. The molecule has 1 heterocycles. The summed E-state index contributed by atoms with van der Waals surface area (Å²) in [6.45, 7) is 5.92. The van der Waals surface area contributed by atoms with Gasteiger partial charge in [0.1, 0.15) is 0 Å². The molecule has 0 radical (unpaired) electrons. The number of methoxy groups -OCH3 is 2. The predicted octanol–water partition coefficient (Wildman–Crippen LogP) is 5.50. The van der Waals surface area contributed by atoms with E-state index in [1.54, 1.807) is 33.3 Å². The van der Waals surface area contributed by atoms with Crippen molar-refractivity contribution >= 4 is 27.7 Å². The second-order valence-electron chi connectivity index (χ2n) is 9.13. The predicted molar refractivity (Wildman–Crippen MR) is 146 cm³/mol. The second-order valence-corrected chi connectivity index (χ2v) is 9.99. The Hall–Kier alpha value is -3.46. The smallest absolute Gasteiger partial charge is 0.336 e. The summed E-state index contributed by atoms with van der Waals surface area (Å²) in [6.07, 6.45) is 0.831. The van der Waals surface area contributed by atoms with E-state index in [2.05, 4.69) is 21.2 Å². The van der Waals surface area contributed by atoms with Crippen LogP contribution in [0.15, 0.2) is 57.3 Å². The number of phenols is 1. The summed E-state index contributed by atoms with van der Waals surface area (Å²) in [5, 5.41) is 13.8. The third kappa shape index (κ3) is 5.12. The number of esters is 1. The molecule has 0 aromatic heterocycles. The molecular weight excluding hydrogens is 554 g/mol. The minimum atomic E-state index is -0.680. The summed E-state index contributed by atoms with van der Waals surface area (Å²) in [7, 11) is 3.17. The fraction of sp³-hybridized carbons (Fsp3) is 0.379. The van der Waals surface area contributed by atoms with Crippen molar-refractivity contribution in [3.63, 3.8) is 0 Å². The van der Waals surface area contributed by atoms with Crippen LogP contribution in [0.5, 0.6) is 23.0 Å². The van der Waals surface area contributed by atoms with Crippen LogP contribution < -0.4 is 19.5 Å². The Morgan fingerprint density at radius 2 is 1.74 bits per heavy atom. The average molecular weight is 586 g/mol. The fourth-order valence-corrected chi connectivity index (χ4v) is 5.68.